The van der Waals surface area contributed by atoms with Gasteiger partial charge in [0.2, 0.25) is 0 Å². The molecular formula is C11H20N2O. The zero-order chi connectivity index (χ0) is 10.2. The van der Waals surface area contributed by atoms with E-state index in [1.807, 2.05) is 6.07 Å². The maximum absolute atomic E-state index is 5.02. The molecule has 1 aromatic rings. The molecule has 0 atom stereocenters. The van der Waals surface area contributed by atoms with Gasteiger partial charge in [0.05, 0.1) is 12.5 Å². The number of furan rings is 1. The van der Waals surface area contributed by atoms with Gasteiger partial charge in [0.25, 0.3) is 0 Å². The largest absolute Gasteiger partial charge is 0.472 e. The molecule has 3 heteroatoms. The van der Waals surface area contributed by atoms with Crippen molar-refractivity contribution in [3.05, 3.63) is 24.2 Å². The third kappa shape index (κ3) is 4.44. The first-order valence-electron chi connectivity index (χ1n) is 5.23. The number of likely N-dealkylation sites (N-methyl/N-ethyl adjacent to an activating group) is 1. The Morgan fingerprint density at radius 3 is 2.93 bits per heavy atom. The summed E-state index contributed by atoms with van der Waals surface area (Å²) in [6.45, 7) is 6.39. The van der Waals surface area contributed by atoms with E-state index in [1.165, 1.54) is 12.0 Å². The average Bonchev–Trinajstić information content (AvgIpc) is 2.65. The van der Waals surface area contributed by atoms with Crippen molar-refractivity contribution in [3.63, 3.8) is 0 Å². The van der Waals surface area contributed by atoms with E-state index in [0.29, 0.717) is 0 Å². The van der Waals surface area contributed by atoms with Gasteiger partial charge in [0.15, 0.2) is 0 Å². The molecule has 1 N–H and O–H groups in total. The van der Waals surface area contributed by atoms with Crippen molar-refractivity contribution in [2.45, 2.75) is 19.9 Å². The maximum Gasteiger partial charge on any atom is 0.0947 e. The Morgan fingerprint density at radius 1 is 1.43 bits per heavy atom. The number of hydrogen-bond donors (Lipinski definition) is 1. The molecular weight excluding hydrogens is 176 g/mol. The third-order valence-corrected chi connectivity index (χ3v) is 2.13. The molecule has 0 fully saturated rings. The maximum atomic E-state index is 5.02. The van der Waals surface area contributed by atoms with Crippen molar-refractivity contribution in [2.24, 2.45) is 0 Å². The van der Waals surface area contributed by atoms with Gasteiger partial charge in [-0.25, -0.2) is 0 Å². The summed E-state index contributed by atoms with van der Waals surface area (Å²) >= 11 is 0. The van der Waals surface area contributed by atoms with E-state index in [2.05, 4.69) is 24.2 Å². The number of hydrogen-bond acceptors (Lipinski definition) is 3. The lowest BCUT2D eigenvalue weighted by molar-refractivity contribution is 0.323. The summed E-state index contributed by atoms with van der Waals surface area (Å²) in [5.74, 6) is 0. The van der Waals surface area contributed by atoms with Crippen LogP contribution in [0, 0.1) is 0 Å². The molecule has 0 amide bonds. The van der Waals surface area contributed by atoms with E-state index >= 15 is 0 Å². The lowest BCUT2D eigenvalue weighted by Gasteiger charge is -2.15. The second-order valence-electron chi connectivity index (χ2n) is 3.62. The summed E-state index contributed by atoms with van der Waals surface area (Å²) in [7, 11) is 2.13. The van der Waals surface area contributed by atoms with Gasteiger partial charge < -0.3 is 14.6 Å². The van der Waals surface area contributed by atoms with E-state index in [1.54, 1.807) is 12.5 Å². The summed E-state index contributed by atoms with van der Waals surface area (Å²) in [6.07, 6.45) is 4.72. The highest BCUT2D eigenvalue weighted by Crippen LogP contribution is 2.02. The van der Waals surface area contributed by atoms with E-state index < -0.39 is 0 Å². The Balaban J connectivity index is 2.07. The van der Waals surface area contributed by atoms with Crippen molar-refractivity contribution in [3.8, 4) is 0 Å². The highest BCUT2D eigenvalue weighted by Gasteiger charge is 2.00. The van der Waals surface area contributed by atoms with Gasteiger partial charge in [0, 0.05) is 25.2 Å². The fourth-order valence-corrected chi connectivity index (χ4v) is 1.35. The molecule has 0 aliphatic rings. The average molecular weight is 196 g/mol. The van der Waals surface area contributed by atoms with Crippen molar-refractivity contribution < 1.29 is 4.42 Å². The number of nitrogens with one attached hydrogen (secondary N) is 1. The van der Waals surface area contributed by atoms with Gasteiger partial charge in [0.1, 0.15) is 0 Å². The zero-order valence-electron chi connectivity index (χ0n) is 9.12. The normalized spacial score (nSPS) is 11.1. The minimum absolute atomic E-state index is 0.963. The SMILES string of the molecule is CCCNCCN(C)Cc1ccoc1. The van der Waals surface area contributed by atoms with Crippen LogP contribution in [0.4, 0.5) is 0 Å². The van der Waals surface area contributed by atoms with Crippen LogP contribution in [0.15, 0.2) is 23.0 Å². The van der Waals surface area contributed by atoms with Crippen molar-refractivity contribution in [2.75, 3.05) is 26.7 Å². The fraction of sp³-hybridized carbons (Fsp3) is 0.636. The molecule has 0 saturated carbocycles. The topological polar surface area (TPSA) is 28.4 Å². The standard InChI is InChI=1S/C11H20N2O/c1-3-5-12-6-7-13(2)9-11-4-8-14-10-11/h4,8,10,12H,3,5-7,9H2,1-2H3. The van der Waals surface area contributed by atoms with Gasteiger partial charge in [-0.05, 0) is 26.1 Å². The highest BCUT2D eigenvalue weighted by atomic mass is 16.3. The van der Waals surface area contributed by atoms with Crippen LogP contribution in [0.1, 0.15) is 18.9 Å². The summed E-state index contributed by atoms with van der Waals surface area (Å²) in [6, 6.07) is 2.01. The van der Waals surface area contributed by atoms with Gasteiger partial charge in [-0.15, -0.1) is 0 Å². The van der Waals surface area contributed by atoms with Gasteiger partial charge in [-0.3, -0.25) is 0 Å². The minimum atomic E-state index is 0.963. The molecule has 0 saturated heterocycles. The van der Waals surface area contributed by atoms with Crippen LogP contribution in [0.25, 0.3) is 0 Å². The second kappa shape index (κ2) is 6.62. The van der Waals surface area contributed by atoms with Gasteiger partial charge in [-0.1, -0.05) is 6.92 Å². The fourth-order valence-electron chi connectivity index (χ4n) is 1.35. The van der Waals surface area contributed by atoms with Crippen molar-refractivity contribution in [1.82, 2.24) is 10.2 Å². The summed E-state index contributed by atoms with van der Waals surface area (Å²) in [5.41, 5.74) is 1.24. The Morgan fingerprint density at radius 2 is 2.29 bits per heavy atom. The molecule has 80 valence electrons. The predicted octanol–water partition coefficient (Wildman–Crippen LogP) is 1.71. The molecule has 0 bridgehead atoms. The molecule has 0 aromatic carbocycles. The molecule has 1 aromatic heterocycles. The van der Waals surface area contributed by atoms with Crippen LogP contribution in [0.3, 0.4) is 0 Å². The van der Waals surface area contributed by atoms with Crippen LogP contribution >= 0.6 is 0 Å². The molecule has 0 aliphatic carbocycles. The molecule has 0 aliphatic heterocycles. The summed E-state index contributed by atoms with van der Waals surface area (Å²) < 4.78 is 5.02. The van der Waals surface area contributed by atoms with Crippen LogP contribution in [0.2, 0.25) is 0 Å². The number of nitrogens with zero attached hydrogens (tertiary/aromatic N) is 1. The first-order valence-corrected chi connectivity index (χ1v) is 5.23. The van der Waals surface area contributed by atoms with Crippen LogP contribution in [-0.4, -0.2) is 31.6 Å². The first-order chi connectivity index (χ1) is 6.83. The highest BCUT2D eigenvalue weighted by molar-refractivity contribution is 5.04. The zero-order valence-corrected chi connectivity index (χ0v) is 9.12. The molecule has 3 nitrogen and oxygen atoms in total. The van der Waals surface area contributed by atoms with Crippen molar-refractivity contribution in [1.29, 1.82) is 0 Å². The Labute approximate surface area is 86.1 Å². The minimum Gasteiger partial charge on any atom is -0.472 e. The monoisotopic (exact) mass is 196 g/mol. The lowest BCUT2D eigenvalue weighted by Crippen LogP contribution is -2.29. The van der Waals surface area contributed by atoms with Gasteiger partial charge >= 0.3 is 0 Å². The molecule has 14 heavy (non-hydrogen) atoms. The summed E-state index contributed by atoms with van der Waals surface area (Å²) in [5, 5.41) is 3.38. The van der Waals surface area contributed by atoms with Crippen molar-refractivity contribution >= 4 is 0 Å². The van der Waals surface area contributed by atoms with Crippen LogP contribution in [0.5, 0.6) is 0 Å². The van der Waals surface area contributed by atoms with Crippen LogP contribution in [-0.2, 0) is 6.54 Å². The third-order valence-electron chi connectivity index (χ3n) is 2.13. The van der Waals surface area contributed by atoms with E-state index in [-0.39, 0.29) is 0 Å². The number of rotatable bonds is 7. The lowest BCUT2D eigenvalue weighted by atomic mass is 10.3. The Kier molecular flexibility index (Phi) is 5.33. The molecule has 1 heterocycles. The molecule has 1 rings (SSSR count). The Hall–Kier alpha value is -0.800. The quantitative estimate of drug-likeness (QED) is 0.673. The van der Waals surface area contributed by atoms with E-state index in [0.717, 1.165) is 26.2 Å². The van der Waals surface area contributed by atoms with E-state index in [4.69, 9.17) is 4.42 Å². The molecule has 0 radical (unpaired) electrons. The second-order valence-corrected chi connectivity index (χ2v) is 3.62. The molecule has 0 unspecified atom stereocenters. The van der Waals surface area contributed by atoms with Crippen LogP contribution < -0.4 is 5.32 Å². The summed E-state index contributed by atoms with van der Waals surface area (Å²) in [4.78, 5) is 2.29. The smallest absolute Gasteiger partial charge is 0.0947 e. The predicted molar refractivity (Wildman–Crippen MR) is 58.2 cm³/mol. The van der Waals surface area contributed by atoms with E-state index in [9.17, 15) is 0 Å². The van der Waals surface area contributed by atoms with Gasteiger partial charge in [-0.2, -0.15) is 0 Å². The molecule has 0 spiro atoms. The first kappa shape index (κ1) is 11.3. The Bertz CT molecular complexity index is 221.